The van der Waals surface area contributed by atoms with Crippen molar-refractivity contribution in [2.75, 3.05) is 19.8 Å². The topological polar surface area (TPSA) is 91.7 Å². The van der Waals surface area contributed by atoms with Gasteiger partial charge >= 0.3 is 0 Å². The number of pyridine rings is 1. The second-order valence-electron chi connectivity index (χ2n) is 9.25. The minimum Gasteiger partial charge on any atom is -0.618 e. The van der Waals surface area contributed by atoms with Crippen LogP contribution in [0.2, 0.25) is 10.0 Å². The van der Waals surface area contributed by atoms with Gasteiger partial charge in [-0.15, -0.1) is 0 Å². The molecular formula is C28H31Cl2N3O4. The van der Waals surface area contributed by atoms with Crippen LogP contribution in [0.15, 0.2) is 60.8 Å². The average molecular weight is 544 g/mol. The molecule has 4 rings (SSSR count). The number of aromatic nitrogens is 1. The van der Waals surface area contributed by atoms with Crippen LogP contribution < -0.4 is 19.9 Å². The van der Waals surface area contributed by atoms with E-state index in [2.05, 4.69) is 0 Å². The number of ether oxygens (including phenoxy) is 2. The Hall–Kier alpha value is -3.00. The number of hydrogen-bond donors (Lipinski definition) is 1. The molecule has 37 heavy (non-hydrogen) atoms. The Bertz CT molecular complexity index is 1200. The van der Waals surface area contributed by atoms with Crippen molar-refractivity contribution in [1.29, 1.82) is 0 Å². The summed E-state index contributed by atoms with van der Waals surface area (Å²) < 4.78 is 12.3. The fourth-order valence-corrected chi connectivity index (χ4v) is 4.88. The molecular weight excluding hydrogens is 513 g/mol. The van der Waals surface area contributed by atoms with Crippen molar-refractivity contribution in [1.82, 2.24) is 4.90 Å². The number of amides is 1. The summed E-state index contributed by atoms with van der Waals surface area (Å²) in [4.78, 5) is 15.2. The molecule has 1 fully saturated rings. The molecule has 1 unspecified atom stereocenters. The summed E-state index contributed by atoms with van der Waals surface area (Å²) in [5.74, 6) is 0.754. The molecule has 3 aromatic rings. The van der Waals surface area contributed by atoms with Gasteiger partial charge in [-0.25, -0.2) is 0 Å². The van der Waals surface area contributed by atoms with Gasteiger partial charge in [-0.05, 0) is 67.6 Å². The molecule has 1 amide bonds. The summed E-state index contributed by atoms with van der Waals surface area (Å²) in [5.41, 5.74) is 8.52. The van der Waals surface area contributed by atoms with Gasteiger partial charge in [0, 0.05) is 24.7 Å². The van der Waals surface area contributed by atoms with Crippen LogP contribution in [0.3, 0.4) is 0 Å². The first kappa shape index (κ1) is 27.0. The van der Waals surface area contributed by atoms with E-state index in [4.69, 9.17) is 38.4 Å². The number of aryl methyl sites for hydroxylation is 1. The predicted octanol–water partition coefficient (Wildman–Crippen LogP) is 4.70. The second kappa shape index (κ2) is 12.5. The largest absolute Gasteiger partial charge is 0.618 e. The molecule has 0 saturated heterocycles. The van der Waals surface area contributed by atoms with Gasteiger partial charge in [-0.3, -0.25) is 4.79 Å². The molecule has 0 bridgehead atoms. The van der Waals surface area contributed by atoms with Crippen molar-refractivity contribution in [2.45, 2.75) is 38.8 Å². The van der Waals surface area contributed by atoms with E-state index in [1.54, 1.807) is 24.3 Å². The normalized spacial score (nSPS) is 13.7. The van der Waals surface area contributed by atoms with Crippen LogP contribution in [0.25, 0.3) is 0 Å². The zero-order chi connectivity index (χ0) is 26.4. The number of carbonyl (C=O) groups excluding carboxylic acids is 1. The van der Waals surface area contributed by atoms with Crippen LogP contribution in [0.5, 0.6) is 11.5 Å². The lowest BCUT2D eigenvalue weighted by atomic mass is 9.97. The van der Waals surface area contributed by atoms with Gasteiger partial charge in [0.15, 0.2) is 11.9 Å². The highest BCUT2D eigenvalue weighted by atomic mass is 35.5. The van der Waals surface area contributed by atoms with Gasteiger partial charge in [0.2, 0.25) is 11.6 Å². The van der Waals surface area contributed by atoms with Crippen LogP contribution in [0, 0.1) is 18.0 Å². The van der Waals surface area contributed by atoms with E-state index >= 15 is 0 Å². The Morgan fingerprint density at radius 1 is 1.11 bits per heavy atom. The number of nitrogens with two attached hydrogens (primary N) is 1. The Morgan fingerprint density at radius 2 is 1.78 bits per heavy atom. The minimum absolute atomic E-state index is 0.0141. The third kappa shape index (κ3) is 7.28. The van der Waals surface area contributed by atoms with Crippen molar-refractivity contribution in [3.05, 3.63) is 92.9 Å². The molecule has 1 aliphatic rings. The van der Waals surface area contributed by atoms with Crippen molar-refractivity contribution < 1.29 is 19.0 Å². The van der Waals surface area contributed by atoms with Crippen LogP contribution in [-0.4, -0.2) is 36.6 Å². The molecule has 1 atom stereocenters. The fourth-order valence-electron chi connectivity index (χ4n) is 4.17. The van der Waals surface area contributed by atoms with Gasteiger partial charge in [-0.1, -0.05) is 35.3 Å². The molecule has 2 N–H and O–H groups in total. The fraction of sp³-hybridized carbons (Fsp3) is 0.357. The first-order valence-electron chi connectivity index (χ1n) is 12.3. The Kier molecular flexibility index (Phi) is 9.14. The molecule has 1 heterocycles. The van der Waals surface area contributed by atoms with E-state index in [0.717, 1.165) is 28.7 Å². The van der Waals surface area contributed by atoms with Gasteiger partial charge in [0.05, 0.1) is 16.0 Å². The van der Waals surface area contributed by atoms with Crippen molar-refractivity contribution >= 4 is 29.1 Å². The third-order valence-corrected chi connectivity index (χ3v) is 6.85. The van der Waals surface area contributed by atoms with Crippen LogP contribution in [0.1, 0.15) is 29.7 Å². The summed E-state index contributed by atoms with van der Waals surface area (Å²) in [7, 11) is 0. The Balaban J connectivity index is 1.30. The summed E-state index contributed by atoms with van der Waals surface area (Å²) >= 11 is 12.4. The quantitative estimate of drug-likeness (QED) is 0.203. The van der Waals surface area contributed by atoms with Crippen molar-refractivity contribution in [3.8, 4) is 11.5 Å². The molecule has 0 aliphatic heterocycles. The predicted molar refractivity (Wildman–Crippen MR) is 144 cm³/mol. The van der Waals surface area contributed by atoms with Crippen LogP contribution >= 0.6 is 23.2 Å². The molecule has 0 radical (unpaired) electrons. The van der Waals surface area contributed by atoms with Crippen LogP contribution in [0.4, 0.5) is 0 Å². The number of halogens is 2. The lowest BCUT2D eigenvalue weighted by molar-refractivity contribution is -0.615. The SMILES string of the molecule is Cc1cc(Cl)c(OCCOc2ccc(CC(CN)C(=O)N(Cc3cccc[n+]3[O-])C3CC3)cc2)c(Cl)c1. The molecule has 1 saturated carbocycles. The molecule has 196 valence electrons. The summed E-state index contributed by atoms with van der Waals surface area (Å²) in [6, 6.07) is 16.6. The van der Waals surface area contributed by atoms with Crippen molar-refractivity contribution in [3.63, 3.8) is 0 Å². The van der Waals surface area contributed by atoms with E-state index in [1.807, 2.05) is 42.2 Å². The molecule has 7 nitrogen and oxygen atoms in total. The van der Waals surface area contributed by atoms with E-state index in [1.165, 1.54) is 6.20 Å². The molecule has 2 aromatic carbocycles. The number of nitrogens with zero attached hydrogens (tertiary/aromatic N) is 2. The maximum atomic E-state index is 13.4. The van der Waals surface area contributed by atoms with E-state index in [0.29, 0.717) is 40.3 Å². The lowest BCUT2D eigenvalue weighted by Crippen LogP contribution is -2.44. The Labute approximate surface area is 227 Å². The van der Waals surface area contributed by atoms with E-state index < -0.39 is 0 Å². The zero-order valence-corrected chi connectivity index (χ0v) is 22.3. The first-order chi connectivity index (χ1) is 17.9. The van der Waals surface area contributed by atoms with Crippen molar-refractivity contribution in [2.24, 2.45) is 11.7 Å². The monoisotopic (exact) mass is 543 g/mol. The molecule has 9 heteroatoms. The van der Waals surface area contributed by atoms with Gasteiger partial charge in [0.1, 0.15) is 25.5 Å². The minimum atomic E-state index is -0.367. The summed E-state index contributed by atoms with van der Waals surface area (Å²) in [5, 5.41) is 13.0. The highest BCUT2D eigenvalue weighted by Crippen LogP contribution is 2.34. The Morgan fingerprint density at radius 3 is 2.41 bits per heavy atom. The summed E-state index contributed by atoms with van der Waals surface area (Å²) in [6.07, 6.45) is 3.87. The molecule has 1 aliphatic carbocycles. The highest BCUT2D eigenvalue weighted by Gasteiger charge is 2.36. The average Bonchev–Trinajstić information content (AvgIpc) is 3.71. The number of carbonyl (C=O) groups is 1. The third-order valence-electron chi connectivity index (χ3n) is 6.29. The zero-order valence-electron chi connectivity index (χ0n) is 20.7. The highest BCUT2D eigenvalue weighted by molar-refractivity contribution is 6.37. The maximum absolute atomic E-state index is 13.4. The van der Waals surface area contributed by atoms with Gasteiger partial charge in [0.25, 0.3) is 0 Å². The number of rotatable bonds is 12. The first-order valence-corrected chi connectivity index (χ1v) is 13.1. The lowest BCUT2D eigenvalue weighted by Gasteiger charge is -2.26. The van der Waals surface area contributed by atoms with E-state index in [9.17, 15) is 10.0 Å². The maximum Gasteiger partial charge on any atom is 0.228 e. The molecule has 0 spiro atoms. The second-order valence-corrected chi connectivity index (χ2v) is 10.1. The van der Waals surface area contributed by atoms with E-state index in [-0.39, 0.29) is 37.6 Å². The smallest absolute Gasteiger partial charge is 0.228 e. The number of benzene rings is 2. The molecule has 1 aromatic heterocycles. The van der Waals surface area contributed by atoms with Gasteiger partial charge < -0.3 is 25.3 Å². The van der Waals surface area contributed by atoms with Crippen LogP contribution in [-0.2, 0) is 17.8 Å². The standard InChI is InChI=1S/C28H31Cl2N3O4/c1-19-14-25(29)27(26(30)15-19)37-13-12-36-24-9-5-20(6-10-24)16-21(17-31)28(34)32(22-7-8-22)18-23-4-2-3-11-33(23)35/h2-6,9-11,14-15,21-22H,7-8,12-13,16-18,31H2,1H3. The van der Waals surface area contributed by atoms with Gasteiger partial charge in [-0.2, -0.15) is 4.73 Å². The number of hydrogen-bond acceptors (Lipinski definition) is 5. The summed E-state index contributed by atoms with van der Waals surface area (Å²) in [6.45, 7) is 3.04.